The number of aliphatic carboxylic acids is 1. The van der Waals surface area contributed by atoms with Crippen LogP contribution in [0.1, 0.15) is 97.8 Å². The summed E-state index contributed by atoms with van der Waals surface area (Å²) in [6.07, 6.45) is 9.65. The topological polar surface area (TPSA) is 89.9 Å². The second-order valence-electron chi connectivity index (χ2n) is 6.85. The summed E-state index contributed by atoms with van der Waals surface area (Å²) in [7, 11) is 0. The Morgan fingerprint density at radius 2 is 1.15 bits per heavy atom. The lowest BCUT2D eigenvalue weighted by molar-refractivity contribution is -0.166. The van der Waals surface area contributed by atoms with E-state index in [0.29, 0.717) is 19.3 Å². The van der Waals surface area contributed by atoms with Crippen molar-refractivity contribution in [3.63, 3.8) is 0 Å². The highest BCUT2D eigenvalue weighted by atomic mass is 16.6. The molecule has 0 aliphatic rings. The van der Waals surface area contributed by atoms with E-state index in [1.807, 2.05) is 0 Å². The van der Waals surface area contributed by atoms with E-state index in [0.717, 1.165) is 19.3 Å². The molecule has 0 fully saturated rings. The molecule has 0 amide bonds. The third-order valence-electron chi connectivity index (χ3n) is 4.27. The Bertz CT molecular complexity index is 407. The monoisotopic (exact) mass is 372 g/mol. The van der Waals surface area contributed by atoms with Crippen LogP contribution in [0.25, 0.3) is 0 Å². The summed E-state index contributed by atoms with van der Waals surface area (Å²) in [6, 6.07) is 0. The molecule has 0 spiro atoms. The number of hydrogen-bond acceptors (Lipinski definition) is 5. The van der Waals surface area contributed by atoms with Gasteiger partial charge in [-0.1, -0.05) is 51.9 Å². The Morgan fingerprint density at radius 1 is 0.731 bits per heavy atom. The van der Waals surface area contributed by atoms with Crippen molar-refractivity contribution in [2.24, 2.45) is 0 Å². The first-order valence-corrected chi connectivity index (χ1v) is 9.93. The largest absolute Gasteiger partial charge is 0.481 e. The molecule has 6 nitrogen and oxygen atoms in total. The molecule has 0 aliphatic heterocycles. The molecule has 0 saturated heterocycles. The quantitative estimate of drug-likeness (QED) is 0.314. The molecular weight excluding hydrogens is 336 g/mol. The van der Waals surface area contributed by atoms with E-state index in [4.69, 9.17) is 14.6 Å². The maximum absolute atomic E-state index is 11.4. The number of unbranched alkanes of at least 4 members (excludes halogenated alkanes) is 7. The van der Waals surface area contributed by atoms with E-state index in [1.165, 1.54) is 46.0 Å². The fraction of sp³-hybridized carbons (Fsp3) is 0.850. The molecule has 0 aromatic heterocycles. The van der Waals surface area contributed by atoms with Crippen molar-refractivity contribution in [3.05, 3.63) is 0 Å². The first kappa shape index (κ1) is 24.4. The Balaban J connectivity index is 4.40. The molecule has 152 valence electrons. The normalized spacial score (nSPS) is 13.0. The highest BCUT2D eigenvalue weighted by molar-refractivity contribution is 5.67. The Hall–Kier alpha value is -1.59. The van der Waals surface area contributed by atoms with Crippen LogP contribution in [0.5, 0.6) is 0 Å². The van der Waals surface area contributed by atoms with E-state index in [1.54, 1.807) is 0 Å². The maximum Gasteiger partial charge on any atom is 0.303 e. The predicted octanol–water partition coefficient (Wildman–Crippen LogP) is 4.64. The molecule has 0 aliphatic carbocycles. The summed E-state index contributed by atoms with van der Waals surface area (Å²) < 4.78 is 10.7. The van der Waals surface area contributed by atoms with Crippen molar-refractivity contribution < 1.29 is 29.0 Å². The number of rotatable bonds is 16. The van der Waals surface area contributed by atoms with Gasteiger partial charge in [0.2, 0.25) is 0 Å². The zero-order valence-electron chi connectivity index (χ0n) is 16.6. The molecule has 1 N–H and O–H groups in total. The number of carbonyl (C=O) groups excluding carboxylic acids is 2. The summed E-state index contributed by atoms with van der Waals surface area (Å²) in [6.45, 7) is 4.85. The van der Waals surface area contributed by atoms with E-state index in [9.17, 15) is 14.4 Å². The van der Waals surface area contributed by atoms with E-state index in [2.05, 4.69) is 6.92 Å². The average molecular weight is 373 g/mol. The number of esters is 2. The van der Waals surface area contributed by atoms with Crippen LogP contribution in [0.3, 0.4) is 0 Å². The Labute approximate surface area is 157 Å². The second kappa shape index (κ2) is 15.6. The van der Waals surface area contributed by atoms with Gasteiger partial charge in [-0.05, 0) is 25.7 Å². The molecular formula is C20H36O6. The van der Waals surface area contributed by atoms with Gasteiger partial charge in [-0.3, -0.25) is 14.4 Å². The van der Waals surface area contributed by atoms with Crippen molar-refractivity contribution in [1.82, 2.24) is 0 Å². The van der Waals surface area contributed by atoms with Crippen LogP contribution in [-0.4, -0.2) is 35.2 Å². The van der Waals surface area contributed by atoms with Gasteiger partial charge in [0.1, 0.15) is 12.2 Å². The van der Waals surface area contributed by atoms with Crippen LogP contribution in [0.2, 0.25) is 0 Å². The third kappa shape index (κ3) is 14.7. The average Bonchev–Trinajstić information content (AvgIpc) is 2.54. The van der Waals surface area contributed by atoms with Crippen LogP contribution in [0.4, 0.5) is 0 Å². The molecule has 0 radical (unpaired) electrons. The lowest BCUT2D eigenvalue weighted by Crippen LogP contribution is -2.34. The summed E-state index contributed by atoms with van der Waals surface area (Å²) >= 11 is 0. The van der Waals surface area contributed by atoms with Gasteiger partial charge in [-0.15, -0.1) is 0 Å². The van der Waals surface area contributed by atoms with Crippen LogP contribution in [0.15, 0.2) is 0 Å². The minimum Gasteiger partial charge on any atom is -0.481 e. The van der Waals surface area contributed by atoms with Crippen molar-refractivity contribution in [2.75, 3.05) is 0 Å². The maximum atomic E-state index is 11.4. The minimum atomic E-state index is -0.890. The SMILES string of the molecule is CCCCCCCCCCC(OC(C)=O)C(CCCC(=O)O)OC(C)=O. The number of ether oxygens (including phenoxy) is 2. The molecule has 2 atom stereocenters. The van der Waals surface area contributed by atoms with Gasteiger partial charge >= 0.3 is 17.9 Å². The van der Waals surface area contributed by atoms with E-state index >= 15 is 0 Å². The fourth-order valence-electron chi connectivity index (χ4n) is 3.00. The van der Waals surface area contributed by atoms with Crippen LogP contribution >= 0.6 is 0 Å². The lowest BCUT2D eigenvalue weighted by Gasteiger charge is -2.26. The van der Waals surface area contributed by atoms with Crippen LogP contribution in [0, 0.1) is 0 Å². The van der Waals surface area contributed by atoms with Gasteiger partial charge in [-0.25, -0.2) is 0 Å². The summed E-state index contributed by atoms with van der Waals surface area (Å²) in [5.41, 5.74) is 0. The molecule has 26 heavy (non-hydrogen) atoms. The van der Waals surface area contributed by atoms with Gasteiger partial charge in [-0.2, -0.15) is 0 Å². The zero-order valence-corrected chi connectivity index (χ0v) is 16.6. The van der Waals surface area contributed by atoms with Gasteiger partial charge in [0.25, 0.3) is 0 Å². The zero-order chi connectivity index (χ0) is 19.8. The van der Waals surface area contributed by atoms with Gasteiger partial charge in [0.15, 0.2) is 0 Å². The lowest BCUT2D eigenvalue weighted by atomic mass is 10.00. The van der Waals surface area contributed by atoms with Crippen LogP contribution in [-0.2, 0) is 23.9 Å². The third-order valence-corrected chi connectivity index (χ3v) is 4.27. The highest BCUT2D eigenvalue weighted by Gasteiger charge is 2.26. The summed E-state index contributed by atoms with van der Waals surface area (Å²) in [4.78, 5) is 33.5. The first-order chi connectivity index (χ1) is 12.4. The van der Waals surface area contributed by atoms with Gasteiger partial charge in [0, 0.05) is 20.3 Å². The van der Waals surface area contributed by atoms with E-state index in [-0.39, 0.29) is 6.42 Å². The van der Waals surface area contributed by atoms with Gasteiger partial charge in [0.05, 0.1) is 0 Å². The smallest absolute Gasteiger partial charge is 0.303 e. The fourth-order valence-corrected chi connectivity index (χ4v) is 3.00. The summed E-state index contributed by atoms with van der Waals surface area (Å²) in [5, 5.41) is 8.78. The molecule has 0 bridgehead atoms. The van der Waals surface area contributed by atoms with Gasteiger partial charge < -0.3 is 14.6 Å². The number of carbonyl (C=O) groups is 3. The molecule has 0 aromatic rings. The molecule has 0 rings (SSSR count). The minimum absolute atomic E-state index is 0.00230. The standard InChI is InChI=1S/C20H36O6/c1-4-5-6-7-8-9-10-11-13-18(25-16(2)21)19(26-17(3)22)14-12-15-20(23)24/h18-19H,4-15H2,1-3H3,(H,23,24). The highest BCUT2D eigenvalue weighted by Crippen LogP contribution is 2.20. The second-order valence-corrected chi connectivity index (χ2v) is 6.85. The first-order valence-electron chi connectivity index (χ1n) is 9.93. The van der Waals surface area contributed by atoms with Crippen molar-refractivity contribution >= 4 is 17.9 Å². The molecule has 0 heterocycles. The molecule has 0 saturated carbocycles. The molecule has 2 unspecified atom stereocenters. The Morgan fingerprint density at radius 3 is 1.58 bits per heavy atom. The van der Waals surface area contributed by atoms with E-state index < -0.39 is 30.1 Å². The molecule has 0 aromatic carbocycles. The predicted molar refractivity (Wildman–Crippen MR) is 99.8 cm³/mol. The number of carboxylic acid groups (broad SMARTS) is 1. The number of carboxylic acids is 1. The van der Waals surface area contributed by atoms with Crippen molar-refractivity contribution in [1.29, 1.82) is 0 Å². The molecule has 6 heteroatoms. The van der Waals surface area contributed by atoms with Crippen LogP contribution < -0.4 is 0 Å². The van der Waals surface area contributed by atoms with Crippen molar-refractivity contribution in [3.8, 4) is 0 Å². The van der Waals surface area contributed by atoms with Crippen molar-refractivity contribution in [2.45, 2.75) is 110 Å². The number of hydrogen-bond donors (Lipinski definition) is 1. The Kier molecular flexibility index (Phi) is 14.7. The summed E-state index contributed by atoms with van der Waals surface area (Å²) in [5.74, 6) is -1.75.